The van der Waals surface area contributed by atoms with Crippen molar-refractivity contribution in [3.63, 3.8) is 0 Å². The standard InChI is InChI=1S/C14H27NO/c1-2-11-16-12-10-14(15)13-8-6-4-3-5-7-9-13/h8,14H,2-7,9-12,15H2,1H3. The zero-order valence-electron chi connectivity index (χ0n) is 10.7. The van der Waals surface area contributed by atoms with Crippen LogP contribution < -0.4 is 5.73 Å². The topological polar surface area (TPSA) is 35.2 Å². The van der Waals surface area contributed by atoms with Crippen molar-refractivity contribution in [3.05, 3.63) is 11.6 Å². The van der Waals surface area contributed by atoms with E-state index in [1.165, 1.54) is 44.1 Å². The minimum Gasteiger partial charge on any atom is -0.381 e. The van der Waals surface area contributed by atoms with Gasteiger partial charge < -0.3 is 10.5 Å². The molecular formula is C14H27NO. The molecule has 1 atom stereocenters. The van der Waals surface area contributed by atoms with Crippen LogP contribution in [0.15, 0.2) is 11.6 Å². The highest BCUT2D eigenvalue weighted by atomic mass is 16.5. The Morgan fingerprint density at radius 1 is 1.25 bits per heavy atom. The lowest BCUT2D eigenvalue weighted by Crippen LogP contribution is -2.25. The zero-order chi connectivity index (χ0) is 11.6. The molecule has 0 bridgehead atoms. The molecule has 0 aromatic heterocycles. The lowest BCUT2D eigenvalue weighted by Gasteiger charge is -2.18. The Morgan fingerprint density at radius 3 is 2.88 bits per heavy atom. The average Bonchev–Trinajstić information content (AvgIpc) is 2.23. The number of allylic oxidation sites excluding steroid dienone is 1. The Morgan fingerprint density at radius 2 is 2.06 bits per heavy atom. The molecule has 1 rings (SSSR count). The Hall–Kier alpha value is -0.340. The van der Waals surface area contributed by atoms with Gasteiger partial charge in [0.15, 0.2) is 0 Å². The summed E-state index contributed by atoms with van der Waals surface area (Å²) in [6, 6.07) is 0.231. The van der Waals surface area contributed by atoms with E-state index in [2.05, 4.69) is 13.0 Å². The van der Waals surface area contributed by atoms with Crippen LogP contribution in [0.1, 0.15) is 58.3 Å². The quantitative estimate of drug-likeness (QED) is 0.555. The summed E-state index contributed by atoms with van der Waals surface area (Å²) >= 11 is 0. The minimum atomic E-state index is 0.231. The molecule has 0 aromatic rings. The average molecular weight is 225 g/mol. The van der Waals surface area contributed by atoms with E-state index in [0.29, 0.717) is 0 Å². The van der Waals surface area contributed by atoms with Crippen molar-refractivity contribution < 1.29 is 4.74 Å². The molecule has 0 aromatic carbocycles. The maximum absolute atomic E-state index is 6.20. The second-order valence-corrected chi connectivity index (χ2v) is 4.74. The number of hydrogen-bond donors (Lipinski definition) is 1. The second kappa shape index (κ2) is 8.77. The maximum atomic E-state index is 6.20. The molecule has 0 spiro atoms. The van der Waals surface area contributed by atoms with Crippen LogP contribution in [-0.2, 0) is 4.74 Å². The van der Waals surface area contributed by atoms with Gasteiger partial charge in [-0.3, -0.25) is 0 Å². The summed E-state index contributed by atoms with van der Waals surface area (Å²) in [7, 11) is 0. The number of hydrogen-bond acceptors (Lipinski definition) is 2. The van der Waals surface area contributed by atoms with Crippen LogP contribution >= 0.6 is 0 Å². The molecule has 1 unspecified atom stereocenters. The van der Waals surface area contributed by atoms with Gasteiger partial charge in [0.25, 0.3) is 0 Å². The van der Waals surface area contributed by atoms with Gasteiger partial charge in [-0.05, 0) is 38.5 Å². The molecule has 2 nitrogen and oxygen atoms in total. The summed E-state index contributed by atoms with van der Waals surface area (Å²) in [5, 5.41) is 0. The molecule has 0 radical (unpaired) electrons. The van der Waals surface area contributed by atoms with Gasteiger partial charge in [0.2, 0.25) is 0 Å². The van der Waals surface area contributed by atoms with Crippen LogP contribution in [0.25, 0.3) is 0 Å². The van der Waals surface area contributed by atoms with Gasteiger partial charge in [-0.15, -0.1) is 0 Å². The van der Waals surface area contributed by atoms with Crippen LogP contribution in [0.2, 0.25) is 0 Å². The Kier molecular flexibility index (Phi) is 7.52. The fourth-order valence-electron chi connectivity index (χ4n) is 2.20. The van der Waals surface area contributed by atoms with Crippen molar-refractivity contribution in [2.45, 2.75) is 64.3 Å². The summed E-state index contributed by atoms with van der Waals surface area (Å²) < 4.78 is 5.49. The van der Waals surface area contributed by atoms with Gasteiger partial charge >= 0.3 is 0 Å². The van der Waals surface area contributed by atoms with Crippen LogP contribution in [0, 0.1) is 0 Å². The molecule has 0 saturated heterocycles. The Bertz CT molecular complexity index is 201. The lowest BCUT2D eigenvalue weighted by molar-refractivity contribution is 0.129. The van der Waals surface area contributed by atoms with E-state index in [1.54, 1.807) is 0 Å². The third-order valence-electron chi connectivity index (χ3n) is 3.22. The van der Waals surface area contributed by atoms with Gasteiger partial charge in [-0.1, -0.05) is 31.4 Å². The van der Waals surface area contributed by atoms with E-state index in [-0.39, 0.29) is 6.04 Å². The van der Waals surface area contributed by atoms with Gasteiger partial charge in [-0.2, -0.15) is 0 Å². The molecule has 0 fully saturated rings. The van der Waals surface area contributed by atoms with E-state index < -0.39 is 0 Å². The first-order valence-electron chi connectivity index (χ1n) is 6.87. The van der Waals surface area contributed by atoms with Crippen molar-refractivity contribution in [2.75, 3.05) is 13.2 Å². The van der Waals surface area contributed by atoms with E-state index in [9.17, 15) is 0 Å². The predicted molar refractivity (Wildman–Crippen MR) is 69.5 cm³/mol. The lowest BCUT2D eigenvalue weighted by atomic mass is 9.94. The molecule has 2 heteroatoms. The van der Waals surface area contributed by atoms with Gasteiger partial charge in [0, 0.05) is 19.3 Å². The third-order valence-corrected chi connectivity index (χ3v) is 3.22. The first-order valence-corrected chi connectivity index (χ1v) is 6.87. The normalized spacial score (nSPS) is 19.8. The summed E-state index contributed by atoms with van der Waals surface area (Å²) in [4.78, 5) is 0. The van der Waals surface area contributed by atoms with E-state index >= 15 is 0 Å². The first kappa shape index (κ1) is 13.7. The summed E-state index contributed by atoms with van der Waals surface area (Å²) in [6.07, 6.45) is 12.3. The van der Waals surface area contributed by atoms with Crippen molar-refractivity contribution in [2.24, 2.45) is 5.73 Å². The Balaban J connectivity index is 2.24. The largest absolute Gasteiger partial charge is 0.381 e. The summed E-state index contributed by atoms with van der Waals surface area (Å²) in [5.41, 5.74) is 7.67. The van der Waals surface area contributed by atoms with Crippen LogP contribution in [-0.4, -0.2) is 19.3 Å². The predicted octanol–water partition coefficient (Wildman–Crippen LogP) is 3.41. The van der Waals surface area contributed by atoms with Crippen LogP contribution in [0.3, 0.4) is 0 Å². The summed E-state index contributed by atoms with van der Waals surface area (Å²) in [5.74, 6) is 0. The molecule has 0 heterocycles. The minimum absolute atomic E-state index is 0.231. The highest BCUT2D eigenvalue weighted by Gasteiger charge is 2.10. The summed E-state index contributed by atoms with van der Waals surface area (Å²) in [6.45, 7) is 3.81. The molecular weight excluding hydrogens is 198 g/mol. The maximum Gasteiger partial charge on any atom is 0.0483 e. The van der Waals surface area contributed by atoms with E-state index in [1.807, 2.05) is 0 Å². The van der Waals surface area contributed by atoms with Gasteiger partial charge in [-0.25, -0.2) is 0 Å². The first-order chi connectivity index (χ1) is 7.84. The fraction of sp³-hybridized carbons (Fsp3) is 0.857. The van der Waals surface area contributed by atoms with Gasteiger partial charge in [0.05, 0.1) is 0 Å². The Labute approximate surface area is 100 Å². The fourth-order valence-corrected chi connectivity index (χ4v) is 2.20. The smallest absolute Gasteiger partial charge is 0.0483 e. The van der Waals surface area contributed by atoms with E-state index in [4.69, 9.17) is 10.5 Å². The van der Waals surface area contributed by atoms with Crippen molar-refractivity contribution in [3.8, 4) is 0 Å². The SMILES string of the molecule is CCCOCCC(N)C1=CCCCCCC1. The molecule has 2 N–H and O–H groups in total. The van der Waals surface area contributed by atoms with Crippen molar-refractivity contribution in [1.29, 1.82) is 0 Å². The number of ether oxygens (including phenoxy) is 1. The van der Waals surface area contributed by atoms with Crippen LogP contribution in [0.5, 0.6) is 0 Å². The molecule has 0 saturated carbocycles. The molecule has 1 aliphatic carbocycles. The molecule has 0 aliphatic heterocycles. The number of rotatable bonds is 6. The molecule has 16 heavy (non-hydrogen) atoms. The van der Waals surface area contributed by atoms with Crippen molar-refractivity contribution in [1.82, 2.24) is 0 Å². The molecule has 0 amide bonds. The van der Waals surface area contributed by atoms with E-state index in [0.717, 1.165) is 26.1 Å². The number of nitrogens with two attached hydrogens (primary N) is 1. The van der Waals surface area contributed by atoms with Gasteiger partial charge in [0.1, 0.15) is 0 Å². The van der Waals surface area contributed by atoms with Crippen LogP contribution in [0.4, 0.5) is 0 Å². The zero-order valence-corrected chi connectivity index (χ0v) is 10.7. The molecule has 1 aliphatic rings. The highest BCUT2D eigenvalue weighted by molar-refractivity contribution is 5.10. The second-order valence-electron chi connectivity index (χ2n) is 4.74. The third kappa shape index (κ3) is 5.66. The molecule has 94 valence electrons. The highest BCUT2D eigenvalue weighted by Crippen LogP contribution is 2.19. The van der Waals surface area contributed by atoms with Crippen molar-refractivity contribution >= 4 is 0 Å². The monoisotopic (exact) mass is 225 g/mol.